The molecule has 12 aromatic rings. The van der Waals surface area contributed by atoms with Crippen LogP contribution in [-0.4, -0.2) is 33.6 Å². The molecule has 0 amide bonds. The molecule has 0 N–H and O–H groups in total. The van der Waals surface area contributed by atoms with E-state index in [0.717, 1.165) is 57.5 Å². The summed E-state index contributed by atoms with van der Waals surface area (Å²) in [5, 5.41) is 11.3. The van der Waals surface area contributed by atoms with Crippen LogP contribution in [0.1, 0.15) is 22.3 Å². The molecular formula is C59H41N7O2. The van der Waals surface area contributed by atoms with Crippen molar-refractivity contribution in [2.45, 2.75) is 12.8 Å². The Bertz CT molecular complexity index is 3830. The molecule has 0 fully saturated rings. The molecule has 9 aromatic carbocycles. The van der Waals surface area contributed by atoms with Crippen molar-refractivity contribution < 1.29 is 4.92 Å². The first-order chi connectivity index (χ1) is 33.6. The number of nitro benzene ring substituents is 1. The summed E-state index contributed by atoms with van der Waals surface area (Å²) in [5.74, 6) is 0. The largest absolute Gasteiger partial charge is 0.299 e. The zero-order valence-corrected chi connectivity index (χ0v) is 36.7. The molecular weight excluding hydrogens is 839 g/mol. The number of hydrogen-bond donors (Lipinski definition) is 0. The molecule has 2 aliphatic rings. The van der Waals surface area contributed by atoms with Gasteiger partial charge < -0.3 is 0 Å². The minimum Gasteiger partial charge on any atom is -0.299 e. The molecule has 9 nitrogen and oxygen atoms in total. The summed E-state index contributed by atoms with van der Waals surface area (Å²) in [6.07, 6.45) is 7.62. The SMILES string of the molecule is O=[N+]([O-])c1ccccc1-c1ccc2ncn(-c3ccccc3)c2c1.c1ccc(-n2cnc3cc4c(cc32)-c2ccccc2C4)cc1.c1ccc(-n2cnc3ccc4c(c32)Cc2ccccc2-4)cc1. The van der Waals surface area contributed by atoms with Crippen LogP contribution in [0.25, 0.3) is 83.5 Å². The van der Waals surface area contributed by atoms with E-state index < -0.39 is 0 Å². The number of nitrogens with zero attached hydrogens (tertiary/aromatic N) is 7. The summed E-state index contributed by atoms with van der Waals surface area (Å²) in [7, 11) is 0. The Hall–Kier alpha value is -9.21. The van der Waals surface area contributed by atoms with E-state index in [0.29, 0.717) is 5.56 Å². The molecule has 0 bridgehead atoms. The van der Waals surface area contributed by atoms with Crippen LogP contribution in [0, 0.1) is 10.1 Å². The van der Waals surface area contributed by atoms with Gasteiger partial charge in [-0.15, -0.1) is 0 Å². The van der Waals surface area contributed by atoms with Gasteiger partial charge in [0.05, 0.1) is 43.6 Å². The van der Waals surface area contributed by atoms with Crippen molar-refractivity contribution in [3.05, 3.63) is 258 Å². The highest BCUT2D eigenvalue weighted by Crippen LogP contribution is 2.41. The second-order valence-electron chi connectivity index (χ2n) is 17.0. The number of aromatic nitrogens is 6. The number of rotatable bonds is 5. The Balaban J connectivity index is 0.000000106. The molecule has 0 saturated heterocycles. The summed E-state index contributed by atoms with van der Waals surface area (Å²) in [5.41, 5.74) is 22.1. The number of nitro groups is 1. The van der Waals surface area contributed by atoms with Gasteiger partial charge in [-0.05, 0) is 129 Å². The fraction of sp³-hybridized carbons (Fsp3) is 0.0339. The first-order valence-corrected chi connectivity index (χ1v) is 22.6. The molecule has 0 radical (unpaired) electrons. The average Bonchev–Trinajstić information content (AvgIpc) is 4.25. The zero-order valence-electron chi connectivity index (χ0n) is 36.7. The summed E-state index contributed by atoms with van der Waals surface area (Å²) in [6.45, 7) is 0. The lowest BCUT2D eigenvalue weighted by molar-refractivity contribution is -0.384. The van der Waals surface area contributed by atoms with Crippen molar-refractivity contribution in [2.75, 3.05) is 0 Å². The first-order valence-electron chi connectivity index (χ1n) is 22.6. The van der Waals surface area contributed by atoms with Crippen molar-refractivity contribution >= 4 is 38.8 Å². The number of para-hydroxylation sites is 4. The van der Waals surface area contributed by atoms with Crippen LogP contribution in [-0.2, 0) is 12.8 Å². The Morgan fingerprint density at radius 2 is 0.897 bits per heavy atom. The zero-order chi connectivity index (χ0) is 45.6. The van der Waals surface area contributed by atoms with E-state index in [2.05, 4.69) is 145 Å². The van der Waals surface area contributed by atoms with Crippen molar-refractivity contribution in [1.82, 2.24) is 28.7 Å². The van der Waals surface area contributed by atoms with Gasteiger partial charge in [-0.2, -0.15) is 0 Å². The molecule has 0 spiro atoms. The minimum absolute atomic E-state index is 0.0997. The molecule has 3 heterocycles. The molecule has 0 atom stereocenters. The fourth-order valence-electron chi connectivity index (χ4n) is 9.80. The van der Waals surface area contributed by atoms with Crippen LogP contribution in [0.5, 0.6) is 0 Å². The van der Waals surface area contributed by atoms with E-state index in [1.165, 1.54) is 61.6 Å². The van der Waals surface area contributed by atoms with E-state index in [9.17, 15) is 10.1 Å². The maximum absolute atomic E-state index is 11.3. The van der Waals surface area contributed by atoms with E-state index in [1.54, 1.807) is 24.5 Å². The molecule has 68 heavy (non-hydrogen) atoms. The van der Waals surface area contributed by atoms with E-state index in [4.69, 9.17) is 0 Å². The van der Waals surface area contributed by atoms with Crippen LogP contribution in [0.15, 0.2) is 225 Å². The van der Waals surface area contributed by atoms with Crippen LogP contribution in [0.4, 0.5) is 5.69 Å². The second-order valence-corrected chi connectivity index (χ2v) is 17.0. The number of fused-ring (bicyclic) bond motifs is 10. The Morgan fingerprint density at radius 3 is 1.56 bits per heavy atom. The van der Waals surface area contributed by atoms with Crippen molar-refractivity contribution in [1.29, 1.82) is 0 Å². The van der Waals surface area contributed by atoms with Gasteiger partial charge in [-0.3, -0.25) is 23.8 Å². The van der Waals surface area contributed by atoms with Gasteiger partial charge in [0.15, 0.2) is 0 Å². The van der Waals surface area contributed by atoms with Gasteiger partial charge in [0, 0.05) is 29.5 Å². The van der Waals surface area contributed by atoms with E-state index >= 15 is 0 Å². The third-order valence-corrected chi connectivity index (χ3v) is 13.0. The molecule has 0 aliphatic heterocycles. The Kier molecular flexibility index (Phi) is 10.1. The predicted molar refractivity (Wildman–Crippen MR) is 272 cm³/mol. The topological polar surface area (TPSA) is 96.6 Å². The molecule has 324 valence electrons. The number of hydrogen-bond acceptors (Lipinski definition) is 5. The third-order valence-electron chi connectivity index (χ3n) is 13.0. The highest BCUT2D eigenvalue weighted by Gasteiger charge is 2.23. The maximum Gasteiger partial charge on any atom is 0.277 e. The molecule has 2 aliphatic carbocycles. The summed E-state index contributed by atoms with van der Waals surface area (Å²) in [4.78, 5) is 24.5. The van der Waals surface area contributed by atoms with Gasteiger partial charge in [-0.1, -0.05) is 127 Å². The Morgan fingerprint density at radius 1 is 0.397 bits per heavy atom. The maximum atomic E-state index is 11.3. The van der Waals surface area contributed by atoms with Crippen LogP contribution >= 0.6 is 0 Å². The van der Waals surface area contributed by atoms with Gasteiger partial charge in [-0.25, -0.2) is 15.0 Å². The highest BCUT2D eigenvalue weighted by atomic mass is 16.6. The monoisotopic (exact) mass is 879 g/mol. The third kappa shape index (κ3) is 7.19. The summed E-state index contributed by atoms with van der Waals surface area (Å²) < 4.78 is 6.35. The molecule has 0 saturated carbocycles. The molecule has 9 heteroatoms. The highest BCUT2D eigenvalue weighted by molar-refractivity contribution is 5.93. The smallest absolute Gasteiger partial charge is 0.277 e. The normalized spacial score (nSPS) is 11.8. The average molecular weight is 880 g/mol. The summed E-state index contributed by atoms with van der Waals surface area (Å²) >= 11 is 0. The molecule has 0 unspecified atom stereocenters. The lowest BCUT2D eigenvalue weighted by Crippen LogP contribution is -1.94. The lowest BCUT2D eigenvalue weighted by Gasteiger charge is -2.08. The van der Waals surface area contributed by atoms with Crippen molar-refractivity contribution in [3.8, 4) is 50.4 Å². The van der Waals surface area contributed by atoms with E-state index in [1.807, 2.05) is 77.9 Å². The first kappa shape index (κ1) is 40.3. The minimum atomic E-state index is -0.353. The fourth-order valence-corrected chi connectivity index (χ4v) is 9.80. The van der Waals surface area contributed by atoms with Gasteiger partial charge in [0.25, 0.3) is 5.69 Å². The van der Waals surface area contributed by atoms with Gasteiger partial charge in [0.2, 0.25) is 0 Å². The quantitative estimate of drug-likeness (QED) is 0.127. The van der Waals surface area contributed by atoms with Gasteiger partial charge in [0.1, 0.15) is 19.0 Å². The second kappa shape index (κ2) is 17.0. The van der Waals surface area contributed by atoms with Gasteiger partial charge >= 0.3 is 0 Å². The number of imidazole rings is 3. The molecule has 14 rings (SSSR count). The lowest BCUT2D eigenvalue weighted by atomic mass is 10.0. The van der Waals surface area contributed by atoms with Crippen LogP contribution in [0.2, 0.25) is 0 Å². The van der Waals surface area contributed by atoms with Crippen LogP contribution < -0.4 is 0 Å². The van der Waals surface area contributed by atoms with E-state index in [-0.39, 0.29) is 10.6 Å². The van der Waals surface area contributed by atoms with Crippen LogP contribution in [0.3, 0.4) is 0 Å². The predicted octanol–water partition coefficient (Wildman–Crippen LogP) is 13.8. The molecule has 3 aromatic heterocycles. The Labute approximate surface area is 391 Å². The van der Waals surface area contributed by atoms with Crippen molar-refractivity contribution in [3.63, 3.8) is 0 Å². The standard InChI is InChI=1S/2C20H14N2.C19H13N3O2/c1-2-7-16(8-3-1)22-13-21-19-11-15-10-14-6-4-5-9-17(14)18(15)12-20(19)22;1-2-7-15(8-3-1)22-13-21-19-11-10-17-16-9-5-4-6-14(16)12-18(17)20(19)22;23-22(24)18-9-5-4-8-16(18)14-10-11-17-19(12-14)21(13-20-17)15-6-2-1-3-7-15/h1-9,11-13H,10H2;1-11,13H,12H2;1-13H. The number of benzene rings is 9. The van der Waals surface area contributed by atoms with Crippen molar-refractivity contribution in [2.24, 2.45) is 0 Å². The summed E-state index contributed by atoms with van der Waals surface area (Å²) in [6, 6.07) is 69.4.